The molecule has 0 atom stereocenters. The Bertz CT molecular complexity index is 94.3. The standard InChI is InChI=1S/C4H10N2O.C4H11N/c1-2-3-6-4(5)7;1-3-5-4-2/h2-3H2,1H3,(H3,5,6,7);5H,3-4H2,1-2H3. The van der Waals surface area contributed by atoms with Crippen molar-refractivity contribution in [2.45, 2.75) is 27.2 Å². The fourth-order valence-electron chi connectivity index (χ4n) is 0.498. The Morgan fingerprint density at radius 2 is 1.75 bits per heavy atom. The van der Waals surface area contributed by atoms with Gasteiger partial charge in [-0.2, -0.15) is 0 Å². The second kappa shape index (κ2) is 12.9. The SMILES string of the molecule is CCCNC(N)=O.CCNCC. The van der Waals surface area contributed by atoms with Gasteiger partial charge in [0, 0.05) is 6.54 Å². The number of urea groups is 1. The summed E-state index contributed by atoms with van der Waals surface area (Å²) in [5, 5.41) is 5.55. The quantitative estimate of drug-likeness (QED) is 0.588. The van der Waals surface area contributed by atoms with Gasteiger partial charge in [0.2, 0.25) is 0 Å². The summed E-state index contributed by atoms with van der Waals surface area (Å²) in [4.78, 5) is 9.87. The van der Waals surface area contributed by atoms with Crippen LogP contribution < -0.4 is 16.4 Å². The highest BCUT2D eigenvalue weighted by molar-refractivity contribution is 5.71. The van der Waals surface area contributed by atoms with Gasteiger partial charge in [-0.25, -0.2) is 4.79 Å². The van der Waals surface area contributed by atoms with Crippen LogP contribution in [0.3, 0.4) is 0 Å². The van der Waals surface area contributed by atoms with E-state index in [1.165, 1.54) is 0 Å². The average molecular weight is 175 g/mol. The molecule has 12 heavy (non-hydrogen) atoms. The molecule has 0 spiro atoms. The predicted molar refractivity (Wildman–Crippen MR) is 52.1 cm³/mol. The van der Waals surface area contributed by atoms with Crippen LogP contribution in [0.1, 0.15) is 27.2 Å². The Morgan fingerprint density at radius 1 is 1.25 bits per heavy atom. The number of carbonyl (C=O) groups excluding carboxylic acids is 1. The topological polar surface area (TPSA) is 67.1 Å². The first-order chi connectivity index (χ1) is 5.68. The fraction of sp³-hybridized carbons (Fsp3) is 0.875. The van der Waals surface area contributed by atoms with Gasteiger partial charge >= 0.3 is 6.03 Å². The van der Waals surface area contributed by atoms with Crippen LogP contribution in [0.5, 0.6) is 0 Å². The second-order valence-corrected chi connectivity index (χ2v) is 2.25. The Balaban J connectivity index is 0. The van der Waals surface area contributed by atoms with Crippen molar-refractivity contribution in [1.29, 1.82) is 0 Å². The van der Waals surface area contributed by atoms with E-state index >= 15 is 0 Å². The van der Waals surface area contributed by atoms with Gasteiger partial charge < -0.3 is 16.4 Å². The van der Waals surface area contributed by atoms with Crippen molar-refractivity contribution in [3.63, 3.8) is 0 Å². The number of hydrogen-bond acceptors (Lipinski definition) is 2. The zero-order valence-electron chi connectivity index (χ0n) is 8.31. The highest BCUT2D eigenvalue weighted by Crippen LogP contribution is 1.66. The minimum absolute atomic E-state index is 0.443. The molecule has 4 heteroatoms. The molecule has 0 aromatic rings. The van der Waals surface area contributed by atoms with Crippen molar-refractivity contribution in [2.24, 2.45) is 5.73 Å². The van der Waals surface area contributed by atoms with Gasteiger partial charge in [-0.05, 0) is 19.5 Å². The summed E-state index contributed by atoms with van der Waals surface area (Å²) in [7, 11) is 0. The number of nitrogens with two attached hydrogens (primary N) is 1. The molecule has 0 aliphatic heterocycles. The van der Waals surface area contributed by atoms with Crippen molar-refractivity contribution in [2.75, 3.05) is 19.6 Å². The molecule has 0 aromatic heterocycles. The summed E-state index contributed by atoms with van der Waals surface area (Å²) in [6, 6.07) is -0.443. The number of amides is 2. The molecule has 0 rings (SSSR count). The molecule has 0 fully saturated rings. The van der Waals surface area contributed by atoms with Crippen molar-refractivity contribution in [1.82, 2.24) is 10.6 Å². The maximum Gasteiger partial charge on any atom is 0.312 e. The van der Waals surface area contributed by atoms with Crippen molar-refractivity contribution < 1.29 is 4.79 Å². The molecule has 0 saturated carbocycles. The molecule has 4 N–H and O–H groups in total. The molecular weight excluding hydrogens is 154 g/mol. The monoisotopic (exact) mass is 175 g/mol. The van der Waals surface area contributed by atoms with Gasteiger partial charge in [-0.1, -0.05) is 20.8 Å². The first-order valence-electron chi connectivity index (χ1n) is 4.42. The minimum Gasteiger partial charge on any atom is -0.352 e. The van der Waals surface area contributed by atoms with Crippen LogP contribution in [0.25, 0.3) is 0 Å². The minimum atomic E-state index is -0.443. The Labute approximate surface area is 74.9 Å². The predicted octanol–water partition coefficient (Wildman–Crippen LogP) is 0.680. The molecule has 0 bridgehead atoms. The molecule has 0 heterocycles. The van der Waals surface area contributed by atoms with Crippen LogP contribution in [-0.2, 0) is 0 Å². The third-order valence-corrected chi connectivity index (χ3v) is 1.05. The third-order valence-electron chi connectivity index (χ3n) is 1.05. The number of nitrogens with one attached hydrogen (secondary N) is 2. The molecule has 0 unspecified atom stereocenters. The number of carbonyl (C=O) groups is 1. The second-order valence-electron chi connectivity index (χ2n) is 2.25. The van der Waals surface area contributed by atoms with E-state index in [0.717, 1.165) is 19.5 Å². The van der Waals surface area contributed by atoms with E-state index in [1.807, 2.05) is 6.92 Å². The molecular formula is C8H21N3O. The molecule has 0 aliphatic carbocycles. The molecule has 0 aliphatic rings. The first kappa shape index (κ1) is 13.8. The summed E-state index contributed by atoms with van der Waals surface area (Å²) < 4.78 is 0. The lowest BCUT2D eigenvalue weighted by molar-refractivity contribution is 0.249. The van der Waals surface area contributed by atoms with Gasteiger partial charge in [-0.15, -0.1) is 0 Å². The smallest absolute Gasteiger partial charge is 0.312 e. The van der Waals surface area contributed by atoms with E-state index in [1.54, 1.807) is 0 Å². The Morgan fingerprint density at radius 3 is 1.83 bits per heavy atom. The maximum atomic E-state index is 9.87. The summed E-state index contributed by atoms with van der Waals surface area (Å²) in [6.07, 6.45) is 0.933. The Kier molecular flexibility index (Phi) is 14.8. The number of hydrogen-bond donors (Lipinski definition) is 3. The van der Waals surface area contributed by atoms with Crippen LogP contribution in [0.2, 0.25) is 0 Å². The van der Waals surface area contributed by atoms with E-state index in [-0.39, 0.29) is 0 Å². The Hall–Kier alpha value is -0.770. The molecule has 0 saturated heterocycles. The van der Waals surface area contributed by atoms with E-state index in [0.29, 0.717) is 6.54 Å². The van der Waals surface area contributed by atoms with Crippen LogP contribution in [0.15, 0.2) is 0 Å². The zero-order valence-corrected chi connectivity index (χ0v) is 8.31. The van der Waals surface area contributed by atoms with Gasteiger partial charge in [0.1, 0.15) is 0 Å². The lowest BCUT2D eigenvalue weighted by atomic mass is 10.5. The summed E-state index contributed by atoms with van der Waals surface area (Å²) in [5.74, 6) is 0. The van der Waals surface area contributed by atoms with Gasteiger partial charge in [-0.3, -0.25) is 0 Å². The van der Waals surface area contributed by atoms with Gasteiger partial charge in [0.25, 0.3) is 0 Å². The number of rotatable bonds is 4. The summed E-state index contributed by atoms with van der Waals surface area (Å²) in [5.41, 5.74) is 4.73. The van der Waals surface area contributed by atoms with Crippen molar-refractivity contribution in [3.05, 3.63) is 0 Å². The van der Waals surface area contributed by atoms with Gasteiger partial charge in [0.15, 0.2) is 0 Å². The zero-order chi connectivity index (χ0) is 9.82. The van der Waals surface area contributed by atoms with Crippen LogP contribution in [0.4, 0.5) is 4.79 Å². The summed E-state index contributed by atoms with van der Waals surface area (Å²) in [6.45, 7) is 9.03. The summed E-state index contributed by atoms with van der Waals surface area (Å²) >= 11 is 0. The van der Waals surface area contributed by atoms with Crippen LogP contribution in [-0.4, -0.2) is 25.7 Å². The van der Waals surface area contributed by atoms with E-state index < -0.39 is 6.03 Å². The van der Waals surface area contributed by atoms with E-state index in [2.05, 4.69) is 24.5 Å². The number of primary amides is 1. The van der Waals surface area contributed by atoms with Crippen molar-refractivity contribution in [3.8, 4) is 0 Å². The van der Waals surface area contributed by atoms with Crippen LogP contribution in [0, 0.1) is 0 Å². The molecule has 0 aromatic carbocycles. The lowest BCUT2D eigenvalue weighted by Gasteiger charge is -1.93. The highest BCUT2D eigenvalue weighted by atomic mass is 16.2. The van der Waals surface area contributed by atoms with E-state index in [9.17, 15) is 4.79 Å². The molecule has 4 nitrogen and oxygen atoms in total. The van der Waals surface area contributed by atoms with E-state index in [4.69, 9.17) is 5.73 Å². The average Bonchev–Trinajstić information content (AvgIpc) is 2.03. The third kappa shape index (κ3) is 22.9. The normalized spacial score (nSPS) is 8.25. The highest BCUT2D eigenvalue weighted by Gasteiger charge is 1.83. The van der Waals surface area contributed by atoms with Gasteiger partial charge in [0.05, 0.1) is 0 Å². The molecule has 2 amide bonds. The molecule has 74 valence electrons. The maximum absolute atomic E-state index is 9.87. The largest absolute Gasteiger partial charge is 0.352 e. The fourth-order valence-corrected chi connectivity index (χ4v) is 0.498. The molecule has 0 radical (unpaired) electrons. The first-order valence-corrected chi connectivity index (χ1v) is 4.42. The van der Waals surface area contributed by atoms with Crippen molar-refractivity contribution >= 4 is 6.03 Å². The van der Waals surface area contributed by atoms with Crippen LogP contribution >= 0.6 is 0 Å². The lowest BCUT2D eigenvalue weighted by Crippen LogP contribution is -2.29.